The monoisotopic (exact) mass is 194 g/mol. The summed E-state index contributed by atoms with van der Waals surface area (Å²) in [5, 5.41) is 9.06. The first-order valence-electron chi connectivity index (χ1n) is 4.52. The third-order valence-electron chi connectivity index (χ3n) is 1.63. The minimum atomic E-state index is 0.215. The molecule has 0 heterocycles. The molecule has 0 radical (unpaired) electrons. The van der Waals surface area contributed by atoms with Gasteiger partial charge in [-0.3, -0.25) is 0 Å². The molecule has 5 N–H and O–H groups in total. The van der Waals surface area contributed by atoms with E-state index in [1.54, 1.807) is 6.08 Å². The van der Waals surface area contributed by atoms with Crippen LogP contribution in [0.3, 0.4) is 0 Å². The second-order valence-corrected chi connectivity index (χ2v) is 2.59. The van der Waals surface area contributed by atoms with Gasteiger partial charge in [0, 0.05) is 0 Å². The maximum Gasteiger partial charge on any atom is 0.102 e. The molecule has 0 bridgehead atoms. The molecule has 0 aliphatic carbocycles. The third kappa shape index (κ3) is 5.35. The molecule has 1 aromatic rings. The van der Waals surface area contributed by atoms with Crippen LogP contribution in [-0.4, -0.2) is 18.7 Å². The van der Waals surface area contributed by atoms with E-state index < -0.39 is 0 Å². The van der Waals surface area contributed by atoms with Crippen molar-refractivity contribution in [3.63, 3.8) is 0 Å². The predicted octanol–water partition coefficient (Wildman–Crippen LogP) is 1.20. The van der Waals surface area contributed by atoms with Gasteiger partial charge in [-0.1, -0.05) is 30.3 Å². The molecule has 1 aromatic carbocycles. The number of rotatable bonds is 3. The normalized spacial score (nSPS) is 10.4. The number of hydrogen-bond acceptors (Lipinski definition) is 3. The molecule has 0 aliphatic rings. The predicted molar refractivity (Wildman–Crippen MR) is 60.0 cm³/mol. The molecule has 3 nitrogen and oxygen atoms in total. The Hall–Kier alpha value is -1.32. The fraction of sp³-hybridized carbons (Fsp3) is 0.273. The fourth-order valence-electron chi connectivity index (χ4n) is 0.933. The first kappa shape index (κ1) is 12.7. The molecule has 0 amide bonds. The van der Waals surface area contributed by atoms with Gasteiger partial charge < -0.3 is 16.6 Å². The highest BCUT2D eigenvalue weighted by molar-refractivity contribution is 5.18. The third-order valence-corrected chi connectivity index (χ3v) is 1.63. The SMILES string of the molecule is CN.NC/C(O)=C/Cc1ccccc1. The van der Waals surface area contributed by atoms with Crippen molar-refractivity contribution in [1.29, 1.82) is 0 Å². The van der Waals surface area contributed by atoms with Gasteiger partial charge in [0.1, 0.15) is 5.76 Å². The maximum atomic E-state index is 9.06. The lowest BCUT2D eigenvalue weighted by atomic mass is 10.1. The quantitative estimate of drug-likeness (QED) is 0.633. The van der Waals surface area contributed by atoms with Gasteiger partial charge in [-0.2, -0.15) is 0 Å². The molecule has 1 rings (SSSR count). The lowest BCUT2D eigenvalue weighted by Crippen LogP contribution is -2.02. The highest BCUT2D eigenvalue weighted by Gasteiger charge is 1.89. The second-order valence-electron chi connectivity index (χ2n) is 2.59. The number of aliphatic hydroxyl groups is 1. The summed E-state index contributed by atoms with van der Waals surface area (Å²) >= 11 is 0. The summed E-state index contributed by atoms with van der Waals surface area (Å²) in [7, 11) is 1.50. The van der Waals surface area contributed by atoms with E-state index >= 15 is 0 Å². The Morgan fingerprint density at radius 2 is 1.86 bits per heavy atom. The molecular weight excluding hydrogens is 176 g/mol. The van der Waals surface area contributed by atoms with E-state index in [0.717, 1.165) is 6.42 Å². The molecule has 78 valence electrons. The van der Waals surface area contributed by atoms with Gasteiger partial charge in [0.2, 0.25) is 0 Å². The Labute approximate surface area is 85.0 Å². The van der Waals surface area contributed by atoms with E-state index in [-0.39, 0.29) is 12.3 Å². The van der Waals surface area contributed by atoms with Crippen molar-refractivity contribution in [2.75, 3.05) is 13.6 Å². The van der Waals surface area contributed by atoms with Crippen LogP contribution in [0, 0.1) is 0 Å². The highest BCUT2D eigenvalue weighted by atomic mass is 16.3. The van der Waals surface area contributed by atoms with Crippen molar-refractivity contribution in [2.45, 2.75) is 6.42 Å². The number of allylic oxidation sites excluding steroid dienone is 1. The van der Waals surface area contributed by atoms with Gasteiger partial charge in [-0.05, 0) is 25.1 Å². The Kier molecular flexibility index (Phi) is 7.50. The molecule has 0 unspecified atom stereocenters. The summed E-state index contributed by atoms with van der Waals surface area (Å²) in [6.45, 7) is 0.215. The van der Waals surface area contributed by atoms with Crippen LogP contribution in [0.15, 0.2) is 42.2 Å². The van der Waals surface area contributed by atoms with Crippen molar-refractivity contribution < 1.29 is 5.11 Å². The van der Waals surface area contributed by atoms with Gasteiger partial charge in [0.25, 0.3) is 0 Å². The van der Waals surface area contributed by atoms with Crippen molar-refractivity contribution in [3.05, 3.63) is 47.7 Å². The van der Waals surface area contributed by atoms with Crippen LogP contribution in [-0.2, 0) is 6.42 Å². The van der Waals surface area contributed by atoms with Crippen molar-refractivity contribution in [3.8, 4) is 0 Å². The largest absolute Gasteiger partial charge is 0.511 e. The smallest absolute Gasteiger partial charge is 0.102 e. The number of hydrogen-bond donors (Lipinski definition) is 3. The summed E-state index contributed by atoms with van der Waals surface area (Å²) in [6, 6.07) is 9.95. The average Bonchev–Trinajstić information content (AvgIpc) is 2.30. The van der Waals surface area contributed by atoms with Crippen LogP contribution < -0.4 is 11.5 Å². The van der Waals surface area contributed by atoms with Crippen molar-refractivity contribution in [2.24, 2.45) is 11.5 Å². The molecule has 0 saturated heterocycles. The fourth-order valence-corrected chi connectivity index (χ4v) is 0.933. The van der Waals surface area contributed by atoms with E-state index in [2.05, 4.69) is 5.73 Å². The van der Waals surface area contributed by atoms with Crippen LogP contribution >= 0.6 is 0 Å². The van der Waals surface area contributed by atoms with Crippen LogP contribution in [0.4, 0.5) is 0 Å². The molecule has 0 aliphatic heterocycles. The van der Waals surface area contributed by atoms with Crippen LogP contribution in [0.25, 0.3) is 0 Å². The Balaban J connectivity index is 0.000000791. The van der Waals surface area contributed by atoms with Gasteiger partial charge in [-0.15, -0.1) is 0 Å². The summed E-state index contributed by atoms with van der Waals surface area (Å²) < 4.78 is 0. The molecular formula is C11H18N2O. The first-order chi connectivity index (χ1) is 6.83. The molecule has 3 heteroatoms. The Bertz CT molecular complexity index is 257. The van der Waals surface area contributed by atoms with E-state index in [9.17, 15) is 0 Å². The number of nitrogens with two attached hydrogens (primary N) is 2. The molecule has 0 spiro atoms. The minimum Gasteiger partial charge on any atom is -0.511 e. The number of benzene rings is 1. The highest BCUT2D eigenvalue weighted by Crippen LogP contribution is 2.01. The molecule has 0 atom stereocenters. The van der Waals surface area contributed by atoms with Gasteiger partial charge in [0.05, 0.1) is 6.54 Å². The molecule has 0 saturated carbocycles. The van der Waals surface area contributed by atoms with Gasteiger partial charge >= 0.3 is 0 Å². The zero-order chi connectivity index (χ0) is 10.8. The van der Waals surface area contributed by atoms with Crippen LogP contribution in [0.5, 0.6) is 0 Å². The molecule has 14 heavy (non-hydrogen) atoms. The zero-order valence-electron chi connectivity index (χ0n) is 8.48. The summed E-state index contributed by atoms with van der Waals surface area (Å²) in [6.07, 6.45) is 2.47. The Morgan fingerprint density at radius 3 is 2.36 bits per heavy atom. The van der Waals surface area contributed by atoms with Crippen molar-refractivity contribution in [1.82, 2.24) is 0 Å². The van der Waals surface area contributed by atoms with Crippen LogP contribution in [0.1, 0.15) is 5.56 Å². The van der Waals surface area contributed by atoms with E-state index in [1.165, 1.54) is 12.6 Å². The number of aliphatic hydroxyl groups excluding tert-OH is 1. The topological polar surface area (TPSA) is 72.3 Å². The Morgan fingerprint density at radius 1 is 1.29 bits per heavy atom. The van der Waals surface area contributed by atoms with E-state index in [4.69, 9.17) is 10.8 Å². The average molecular weight is 194 g/mol. The van der Waals surface area contributed by atoms with Crippen molar-refractivity contribution >= 4 is 0 Å². The van der Waals surface area contributed by atoms with Gasteiger partial charge in [-0.25, -0.2) is 0 Å². The molecule has 0 aromatic heterocycles. The maximum absolute atomic E-state index is 9.06. The molecule has 0 fully saturated rings. The van der Waals surface area contributed by atoms with Crippen LogP contribution in [0.2, 0.25) is 0 Å². The lowest BCUT2D eigenvalue weighted by Gasteiger charge is -1.96. The zero-order valence-corrected chi connectivity index (χ0v) is 8.48. The van der Waals surface area contributed by atoms with Gasteiger partial charge in [0.15, 0.2) is 0 Å². The second kappa shape index (κ2) is 8.29. The van der Waals surface area contributed by atoms with E-state index in [0.29, 0.717) is 0 Å². The standard InChI is InChI=1S/C10H13NO.CH5N/c11-8-10(12)7-6-9-4-2-1-3-5-9;1-2/h1-5,7,12H,6,8,11H2;2H2,1H3/b10-7-;. The van der Waals surface area contributed by atoms with E-state index in [1.807, 2.05) is 30.3 Å². The summed E-state index contributed by atoms with van der Waals surface area (Å²) in [5.41, 5.74) is 10.9. The minimum absolute atomic E-state index is 0.215. The summed E-state index contributed by atoms with van der Waals surface area (Å²) in [5.74, 6) is 0.249. The lowest BCUT2D eigenvalue weighted by molar-refractivity contribution is 0.401. The summed E-state index contributed by atoms with van der Waals surface area (Å²) in [4.78, 5) is 0. The first-order valence-corrected chi connectivity index (χ1v) is 4.52.